The van der Waals surface area contributed by atoms with Crippen LogP contribution in [-0.2, 0) is 5.67 Å². The predicted octanol–water partition coefficient (Wildman–Crippen LogP) is 2.33. The van der Waals surface area contributed by atoms with E-state index in [0.29, 0.717) is 5.56 Å². The van der Waals surface area contributed by atoms with E-state index in [9.17, 15) is 9.50 Å². The Balaban J connectivity index is 2.31. The highest BCUT2D eigenvalue weighted by atomic mass is 19.1. The number of phenolic OH excluding ortho intramolecular Hbond substituents is 1. The number of halogens is 1. The van der Waals surface area contributed by atoms with E-state index in [1.807, 2.05) is 0 Å². The third-order valence-electron chi connectivity index (χ3n) is 3.15. The maximum Gasteiger partial charge on any atom is 0.151 e. The summed E-state index contributed by atoms with van der Waals surface area (Å²) in [5.41, 5.74) is -1.12. The number of alkyl halides is 1. The van der Waals surface area contributed by atoms with Crippen LogP contribution in [0.1, 0.15) is 25.3 Å². The zero-order chi connectivity index (χ0) is 10.9. The van der Waals surface area contributed by atoms with Gasteiger partial charge in [-0.15, -0.1) is 0 Å². The van der Waals surface area contributed by atoms with E-state index in [1.165, 1.54) is 13.0 Å². The van der Waals surface area contributed by atoms with Gasteiger partial charge in [0.1, 0.15) is 5.75 Å². The van der Waals surface area contributed by atoms with Crippen molar-refractivity contribution in [1.29, 1.82) is 0 Å². The van der Waals surface area contributed by atoms with E-state index in [-0.39, 0.29) is 11.8 Å². The second-order valence-corrected chi connectivity index (χ2v) is 4.24. The molecule has 0 aliphatic carbocycles. The van der Waals surface area contributed by atoms with Gasteiger partial charge in [-0.2, -0.15) is 0 Å². The summed E-state index contributed by atoms with van der Waals surface area (Å²) < 4.78 is 14.6. The topological polar surface area (TPSA) is 32.3 Å². The summed E-state index contributed by atoms with van der Waals surface area (Å²) in [4.78, 5) is 0. The normalized spacial score (nSPS) is 25.1. The lowest BCUT2D eigenvalue weighted by Gasteiger charge is -2.28. The first-order valence-electron chi connectivity index (χ1n) is 5.33. The van der Waals surface area contributed by atoms with Crippen LogP contribution in [-0.4, -0.2) is 17.7 Å². The molecule has 2 N–H and O–H groups in total. The molecule has 0 saturated carbocycles. The van der Waals surface area contributed by atoms with E-state index in [0.717, 1.165) is 19.4 Å². The molecule has 0 radical (unpaired) electrons. The minimum atomic E-state index is -1.50. The lowest BCUT2D eigenvalue weighted by atomic mass is 9.88. The van der Waals surface area contributed by atoms with E-state index < -0.39 is 5.67 Å². The number of hydrogen-bond acceptors (Lipinski definition) is 2. The van der Waals surface area contributed by atoms with Crippen molar-refractivity contribution < 1.29 is 9.50 Å². The summed E-state index contributed by atoms with van der Waals surface area (Å²) in [5, 5.41) is 12.8. The number of phenols is 1. The lowest BCUT2D eigenvalue weighted by molar-refractivity contribution is 0.133. The smallest absolute Gasteiger partial charge is 0.151 e. The summed E-state index contributed by atoms with van der Waals surface area (Å²) in [6.45, 7) is 2.39. The van der Waals surface area contributed by atoms with Crippen LogP contribution >= 0.6 is 0 Å². The quantitative estimate of drug-likeness (QED) is 0.783. The van der Waals surface area contributed by atoms with Crippen molar-refractivity contribution in [1.82, 2.24) is 5.32 Å². The van der Waals surface area contributed by atoms with Crippen molar-refractivity contribution in [3.63, 3.8) is 0 Å². The Kier molecular flexibility index (Phi) is 2.65. The van der Waals surface area contributed by atoms with E-state index >= 15 is 0 Å². The number of aromatic hydroxyl groups is 1. The highest BCUT2D eigenvalue weighted by Gasteiger charge is 2.39. The molecule has 2 nitrogen and oxygen atoms in total. The number of hydrogen-bond donors (Lipinski definition) is 2. The van der Waals surface area contributed by atoms with Gasteiger partial charge in [0.05, 0.1) is 0 Å². The molecule has 3 heteroatoms. The number of rotatable bonds is 2. The summed E-state index contributed by atoms with van der Waals surface area (Å²) in [5.74, 6) is 0.0381. The molecule has 2 unspecified atom stereocenters. The van der Waals surface area contributed by atoms with Crippen LogP contribution in [0.15, 0.2) is 24.3 Å². The van der Waals surface area contributed by atoms with Gasteiger partial charge >= 0.3 is 0 Å². The molecule has 0 amide bonds. The Labute approximate surface area is 89.1 Å². The van der Waals surface area contributed by atoms with Crippen LogP contribution in [0.2, 0.25) is 0 Å². The first kappa shape index (κ1) is 10.4. The summed E-state index contributed by atoms with van der Waals surface area (Å²) >= 11 is 0. The van der Waals surface area contributed by atoms with Crippen LogP contribution in [0.25, 0.3) is 0 Å². The summed E-state index contributed by atoms with van der Waals surface area (Å²) in [6, 6.07) is 6.45. The number of benzene rings is 1. The fourth-order valence-electron chi connectivity index (χ4n) is 2.22. The van der Waals surface area contributed by atoms with E-state index in [1.54, 1.807) is 18.2 Å². The molecule has 2 rings (SSSR count). The number of para-hydroxylation sites is 1. The van der Waals surface area contributed by atoms with Crippen molar-refractivity contribution in [3.05, 3.63) is 29.8 Å². The maximum atomic E-state index is 14.6. The zero-order valence-electron chi connectivity index (χ0n) is 8.83. The minimum absolute atomic E-state index is 0.0381. The Morgan fingerprint density at radius 3 is 2.80 bits per heavy atom. The average Bonchev–Trinajstić information content (AvgIpc) is 2.71. The van der Waals surface area contributed by atoms with Crippen molar-refractivity contribution >= 4 is 0 Å². The third-order valence-corrected chi connectivity index (χ3v) is 3.15. The van der Waals surface area contributed by atoms with Crippen molar-refractivity contribution in [3.8, 4) is 5.75 Å². The molecule has 15 heavy (non-hydrogen) atoms. The molecule has 1 fully saturated rings. The minimum Gasteiger partial charge on any atom is -0.508 e. The molecule has 1 aliphatic heterocycles. The Morgan fingerprint density at radius 1 is 1.47 bits per heavy atom. The molecule has 82 valence electrons. The lowest BCUT2D eigenvalue weighted by Crippen LogP contribution is -2.39. The van der Waals surface area contributed by atoms with Crippen LogP contribution < -0.4 is 5.32 Å². The Morgan fingerprint density at radius 2 is 2.20 bits per heavy atom. The molecular weight excluding hydrogens is 193 g/mol. The fraction of sp³-hybridized carbons (Fsp3) is 0.500. The second-order valence-electron chi connectivity index (χ2n) is 4.24. The predicted molar refractivity (Wildman–Crippen MR) is 57.6 cm³/mol. The van der Waals surface area contributed by atoms with Crippen molar-refractivity contribution in [2.45, 2.75) is 31.5 Å². The first-order chi connectivity index (χ1) is 7.12. The first-order valence-corrected chi connectivity index (χ1v) is 5.33. The van der Waals surface area contributed by atoms with Crippen LogP contribution in [0.4, 0.5) is 4.39 Å². The molecule has 2 atom stereocenters. The molecule has 0 bridgehead atoms. The van der Waals surface area contributed by atoms with Gasteiger partial charge in [-0.25, -0.2) is 4.39 Å². The molecule has 0 spiro atoms. The SMILES string of the molecule is CC(F)(c1ccccc1O)C1CCCN1. The van der Waals surface area contributed by atoms with Gasteiger partial charge in [0.15, 0.2) is 5.67 Å². The monoisotopic (exact) mass is 209 g/mol. The fourth-order valence-corrected chi connectivity index (χ4v) is 2.22. The van der Waals surface area contributed by atoms with Gasteiger partial charge in [0, 0.05) is 11.6 Å². The standard InChI is InChI=1S/C12H16FNO/c1-12(13,11-7-4-8-14-11)9-5-2-3-6-10(9)15/h2-3,5-6,11,14-15H,4,7-8H2,1H3. The highest BCUT2D eigenvalue weighted by Crippen LogP contribution is 2.37. The third kappa shape index (κ3) is 1.84. The molecule has 1 saturated heterocycles. The Hall–Kier alpha value is -1.09. The van der Waals surface area contributed by atoms with Gasteiger partial charge in [-0.05, 0) is 32.4 Å². The zero-order valence-corrected chi connectivity index (χ0v) is 8.83. The average molecular weight is 209 g/mol. The summed E-state index contributed by atoms with van der Waals surface area (Å²) in [6.07, 6.45) is 1.82. The van der Waals surface area contributed by atoms with Gasteiger partial charge < -0.3 is 10.4 Å². The molecule has 1 aliphatic rings. The molecular formula is C12H16FNO. The van der Waals surface area contributed by atoms with Crippen LogP contribution in [0.3, 0.4) is 0 Å². The summed E-state index contributed by atoms with van der Waals surface area (Å²) in [7, 11) is 0. The van der Waals surface area contributed by atoms with Crippen LogP contribution in [0, 0.1) is 0 Å². The Bertz CT molecular complexity index is 345. The maximum absolute atomic E-state index is 14.6. The van der Waals surface area contributed by atoms with Crippen LogP contribution in [0.5, 0.6) is 5.75 Å². The molecule has 1 heterocycles. The van der Waals surface area contributed by atoms with Gasteiger partial charge in [-0.3, -0.25) is 0 Å². The second kappa shape index (κ2) is 3.81. The van der Waals surface area contributed by atoms with Gasteiger partial charge in [0.2, 0.25) is 0 Å². The molecule has 1 aromatic carbocycles. The largest absolute Gasteiger partial charge is 0.508 e. The number of nitrogens with one attached hydrogen (secondary N) is 1. The van der Waals surface area contributed by atoms with E-state index in [2.05, 4.69) is 5.32 Å². The van der Waals surface area contributed by atoms with Gasteiger partial charge in [-0.1, -0.05) is 18.2 Å². The van der Waals surface area contributed by atoms with Crippen molar-refractivity contribution in [2.24, 2.45) is 0 Å². The molecule has 1 aromatic rings. The van der Waals surface area contributed by atoms with Crippen molar-refractivity contribution in [2.75, 3.05) is 6.54 Å². The van der Waals surface area contributed by atoms with E-state index in [4.69, 9.17) is 0 Å². The molecule has 0 aromatic heterocycles. The highest BCUT2D eigenvalue weighted by molar-refractivity contribution is 5.37. The van der Waals surface area contributed by atoms with Gasteiger partial charge in [0.25, 0.3) is 0 Å².